The summed E-state index contributed by atoms with van der Waals surface area (Å²) < 4.78 is 6.53. The van der Waals surface area contributed by atoms with Gasteiger partial charge in [0.05, 0.1) is 0 Å². The Morgan fingerprint density at radius 2 is 1.59 bits per heavy atom. The van der Waals surface area contributed by atoms with Crippen LogP contribution in [0.4, 0.5) is 0 Å². The summed E-state index contributed by atoms with van der Waals surface area (Å²) in [6.07, 6.45) is 3.42. The molecule has 4 nitrogen and oxygen atoms in total. The number of hydrogen-bond acceptors (Lipinski definition) is 3. The Hall–Kier alpha value is -2.11. The summed E-state index contributed by atoms with van der Waals surface area (Å²) in [6, 6.07) is 15.6. The fourth-order valence-corrected chi connectivity index (χ4v) is 2.06. The van der Waals surface area contributed by atoms with Gasteiger partial charge in [0.2, 0.25) is 0 Å². The van der Waals surface area contributed by atoms with Crippen LogP contribution in [0, 0.1) is 0 Å². The highest BCUT2D eigenvalue weighted by Crippen LogP contribution is 2.17. The predicted molar refractivity (Wildman–Crippen MR) is 91.9 cm³/mol. The number of hydrazine groups is 1. The lowest BCUT2D eigenvalue weighted by molar-refractivity contribution is -0.127. The molecule has 5 heteroatoms. The van der Waals surface area contributed by atoms with Crippen LogP contribution in [0.1, 0.15) is 18.1 Å². The van der Waals surface area contributed by atoms with Crippen molar-refractivity contribution in [2.75, 3.05) is 0 Å². The number of nitrogens with two attached hydrogens (primary N) is 1. The van der Waals surface area contributed by atoms with Crippen molar-refractivity contribution in [1.82, 2.24) is 5.43 Å². The number of halogens is 1. The molecule has 0 spiro atoms. The van der Waals surface area contributed by atoms with E-state index in [1.54, 1.807) is 6.92 Å². The van der Waals surface area contributed by atoms with Gasteiger partial charge in [0.25, 0.3) is 5.91 Å². The smallest absolute Gasteiger partial charge is 0.274 e. The number of benzene rings is 2. The van der Waals surface area contributed by atoms with E-state index in [0.29, 0.717) is 5.75 Å². The second kappa shape index (κ2) is 7.77. The lowest BCUT2D eigenvalue weighted by atomic mass is 10.1. The highest BCUT2D eigenvalue weighted by Gasteiger charge is 2.12. The average molecular weight is 361 g/mol. The molecule has 0 heterocycles. The van der Waals surface area contributed by atoms with Crippen LogP contribution in [-0.4, -0.2) is 12.0 Å². The first-order valence-electron chi connectivity index (χ1n) is 6.79. The van der Waals surface area contributed by atoms with E-state index in [1.807, 2.05) is 60.7 Å². The van der Waals surface area contributed by atoms with Gasteiger partial charge in [-0.2, -0.15) is 0 Å². The fraction of sp³-hybridized carbons (Fsp3) is 0.118. The molecule has 22 heavy (non-hydrogen) atoms. The summed E-state index contributed by atoms with van der Waals surface area (Å²) >= 11 is 3.41. The first-order valence-corrected chi connectivity index (χ1v) is 7.58. The van der Waals surface area contributed by atoms with Crippen LogP contribution in [0.25, 0.3) is 12.2 Å². The SMILES string of the molecule is CC(Oc1ccc(/C=C/c2ccc(Br)cc2)cc1)C(=O)NN. The van der Waals surface area contributed by atoms with Gasteiger partial charge in [-0.3, -0.25) is 10.2 Å². The molecule has 2 aromatic rings. The maximum atomic E-state index is 11.3. The summed E-state index contributed by atoms with van der Waals surface area (Å²) in [5, 5.41) is 0. The number of ether oxygens (including phenoxy) is 1. The molecule has 0 saturated carbocycles. The van der Waals surface area contributed by atoms with Gasteiger partial charge >= 0.3 is 0 Å². The highest BCUT2D eigenvalue weighted by molar-refractivity contribution is 9.10. The summed E-state index contributed by atoms with van der Waals surface area (Å²) in [5.74, 6) is 5.32. The summed E-state index contributed by atoms with van der Waals surface area (Å²) in [7, 11) is 0. The third-order valence-electron chi connectivity index (χ3n) is 3.04. The lowest BCUT2D eigenvalue weighted by Gasteiger charge is -2.12. The van der Waals surface area contributed by atoms with Crippen molar-refractivity contribution in [2.24, 2.45) is 5.84 Å². The minimum Gasteiger partial charge on any atom is -0.481 e. The highest BCUT2D eigenvalue weighted by atomic mass is 79.9. The molecule has 0 fully saturated rings. The Morgan fingerprint density at radius 3 is 2.09 bits per heavy atom. The van der Waals surface area contributed by atoms with E-state index in [2.05, 4.69) is 21.4 Å². The van der Waals surface area contributed by atoms with E-state index < -0.39 is 6.10 Å². The molecule has 114 valence electrons. The maximum Gasteiger partial charge on any atom is 0.274 e. The molecule has 0 bridgehead atoms. The first-order chi connectivity index (χ1) is 10.6. The molecular formula is C17H17BrN2O2. The van der Waals surface area contributed by atoms with Crippen LogP contribution in [0.3, 0.4) is 0 Å². The van der Waals surface area contributed by atoms with Crippen LogP contribution in [-0.2, 0) is 4.79 Å². The third kappa shape index (κ3) is 4.72. The standard InChI is InChI=1S/C17H17BrN2O2/c1-12(17(21)20-19)22-16-10-6-14(7-11-16)3-2-13-4-8-15(18)9-5-13/h2-12H,19H2,1H3,(H,20,21)/b3-2+. The van der Waals surface area contributed by atoms with Gasteiger partial charge in [-0.1, -0.05) is 52.3 Å². The van der Waals surface area contributed by atoms with Crippen LogP contribution in [0.15, 0.2) is 53.0 Å². The lowest BCUT2D eigenvalue weighted by Crippen LogP contribution is -2.40. The van der Waals surface area contributed by atoms with Gasteiger partial charge < -0.3 is 4.74 Å². The van der Waals surface area contributed by atoms with Crippen LogP contribution in [0.2, 0.25) is 0 Å². The molecule has 1 amide bonds. The zero-order chi connectivity index (χ0) is 15.9. The molecule has 0 aliphatic carbocycles. The van der Waals surface area contributed by atoms with Crippen LogP contribution in [0.5, 0.6) is 5.75 Å². The van der Waals surface area contributed by atoms with Crippen molar-refractivity contribution in [3.8, 4) is 5.75 Å². The maximum absolute atomic E-state index is 11.3. The normalized spacial score (nSPS) is 12.1. The number of carbonyl (C=O) groups is 1. The number of rotatable bonds is 5. The zero-order valence-corrected chi connectivity index (χ0v) is 13.7. The molecule has 2 rings (SSSR count). The molecule has 0 radical (unpaired) electrons. The number of hydrogen-bond donors (Lipinski definition) is 2. The van der Waals surface area contributed by atoms with E-state index in [4.69, 9.17) is 10.6 Å². The Labute approximate surface area is 138 Å². The number of nitrogens with one attached hydrogen (secondary N) is 1. The molecule has 1 unspecified atom stereocenters. The fourth-order valence-electron chi connectivity index (χ4n) is 1.80. The second-order valence-electron chi connectivity index (χ2n) is 4.72. The van der Waals surface area contributed by atoms with Gasteiger partial charge in [0.1, 0.15) is 5.75 Å². The molecule has 1 atom stereocenters. The second-order valence-corrected chi connectivity index (χ2v) is 5.64. The van der Waals surface area contributed by atoms with Gasteiger partial charge in [-0.25, -0.2) is 5.84 Å². The third-order valence-corrected chi connectivity index (χ3v) is 3.57. The number of carbonyl (C=O) groups excluding carboxylic acids is 1. The molecule has 0 aliphatic heterocycles. The van der Waals surface area contributed by atoms with E-state index in [9.17, 15) is 4.79 Å². The molecule has 2 aromatic carbocycles. The monoisotopic (exact) mass is 360 g/mol. The van der Waals surface area contributed by atoms with Gasteiger partial charge in [0.15, 0.2) is 6.10 Å². The Bertz CT molecular complexity index is 651. The van der Waals surface area contributed by atoms with Crippen molar-refractivity contribution < 1.29 is 9.53 Å². The summed E-state index contributed by atoms with van der Waals surface area (Å²) in [4.78, 5) is 11.3. The van der Waals surface area contributed by atoms with Crippen LogP contribution >= 0.6 is 15.9 Å². The predicted octanol–water partition coefficient (Wildman–Crippen LogP) is 3.38. The Morgan fingerprint density at radius 1 is 1.09 bits per heavy atom. The average Bonchev–Trinajstić information content (AvgIpc) is 2.55. The molecule has 0 aromatic heterocycles. The van der Waals surface area contributed by atoms with Crippen molar-refractivity contribution >= 4 is 34.0 Å². The van der Waals surface area contributed by atoms with Crippen molar-refractivity contribution in [2.45, 2.75) is 13.0 Å². The van der Waals surface area contributed by atoms with E-state index in [-0.39, 0.29) is 5.91 Å². The van der Waals surface area contributed by atoms with E-state index in [1.165, 1.54) is 0 Å². The quantitative estimate of drug-likeness (QED) is 0.371. The zero-order valence-electron chi connectivity index (χ0n) is 12.1. The minimum atomic E-state index is -0.630. The van der Waals surface area contributed by atoms with Crippen molar-refractivity contribution in [3.63, 3.8) is 0 Å². The summed E-state index contributed by atoms with van der Waals surface area (Å²) in [5.41, 5.74) is 4.23. The Balaban J connectivity index is 1.99. The van der Waals surface area contributed by atoms with Crippen molar-refractivity contribution in [1.29, 1.82) is 0 Å². The first kappa shape index (κ1) is 16.3. The largest absolute Gasteiger partial charge is 0.481 e. The van der Waals surface area contributed by atoms with E-state index in [0.717, 1.165) is 15.6 Å². The minimum absolute atomic E-state index is 0.362. The molecular weight excluding hydrogens is 344 g/mol. The van der Waals surface area contributed by atoms with Gasteiger partial charge in [-0.05, 0) is 42.3 Å². The molecule has 0 saturated heterocycles. The molecule has 3 N–H and O–H groups in total. The number of amides is 1. The summed E-state index contributed by atoms with van der Waals surface area (Å²) in [6.45, 7) is 1.64. The topological polar surface area (TPSA) is 64.3 Å². The van der Waals surface area contributed by atoms with E-state index >= 15 is 0 Å². The molecule has 0 aliphatic rings. The Kier molecular flexibility index (Phi) is 5.75. The van der Waals surface area contributed by atoms with Crippen LogP contribution < -0.4 is 16.0 Å². The van der Waals surface area contributed by atoms with Crippen molar-refractivity contribution in [3.05, 3.63) is 64.1 Å². The van der Waals surface area contributed by atoms with Gasteiger partial charge in [0, 0.05) is 4.47 Å². The van der Waals surface area contributed by atoms with Gasteiger partial charge in [-0.15, -0.1) is 0 Å².